The van der Waals surface area contributed by atoms with E-state index in [1.165, 1.54) is 68.9 Å². The van der Waals surface area contributed by atoms with Gasteiger partial charge in [-0.25, -0.2) is 9.59 Å². The van der Waals surface area contributed by atoms with Crippen LogP contribution in [0.2, 0.25) is 0 Å². The Morgan fingerprint density at radius 3 is 1.26 bits per heavy atom. The van der Waals surface area contributed by atoms with E-state index in [9.17, 15) is 28.8 Å². The summed E-state index contributed by atoms with van der Waals surface area (Å²) in [7, 11) is 0. The molecule has 2 aliphatic rings. The van der Waals surface area contributed by atoms with Crippen molar-refractivity contribution in [3.8, 4) is 23.0 Å². The number of hydrogen-bond donors (Lipinski definition) is 0. The first-order valence-electron chi connectivity index (χ1n) is 36.3. The van der Waals surface area contributed by atoms with Crippen molar-refractivity contribution >= 4 is 35.8 Å². The molecule has 1 unspecified atom stereocenters. The number of esters is 6. The molecule has 0 saturated heterocycles. The predicted molar refractivity (Wildman–Crippen MR) is 367 cm³/mol. The summed E-state index contributed by atoms with van der Waals surface area (Å²) in [5.74, 6) is 4.07. The van der Waals surface area contributed by atoms with Crippen molar-refractivity contribution in [3.05, 3.63) is 95.6 Å². The summed E-state index contributed by atoms with van der Waals surface area (Å²) in [5, 5.41) is 0. The second kappa shape index (κ2) is 48.2. The molecule has 3 aromatic carbocycles. The Bertz CT molecular complexity index is 2610. The minimum absolute atomic E-state index is 0.00513. The Morgan fingerprint density at radius 2 is 0.819 bits per heavy atom. The maximum Gasteiger partial charge on any atom is 0.342 e. The number of unbranched alkanes of at least 4 members (excludes halogenated alkanes) is 15. The average Bonchev–Trinajstić information content (AvgIpc) is 1.65. The van der Waals surface area contributed by atoms with E-state index in [1.54, 1.807) is 25.1 Å². The Kier molecular flexibility index (Phi) is 40.0. The molecule has 0 aromatic heterocycles. The largest absolute Gasteiger partial charge is 0.494 e. The maximum atomic E-state index is 13.4. The van der Waals surface area contributed by atoms with Crippen LogP contribution in [0.25, 0.3) is 0 Å². The van der Waals surface area contributed by atoms with Gasteiger partial charge in [-0.15, -0.1) is 0 Å². The van der Waals surface area contributed by atoms with Crippen LogP contribution in [0.5, 0.6) is 23.0 Å². The molecule has 16 heteroatoms. The molecule has 524 valence electrons. The smallest absolute Gasteiger partial charge is 0.342 e. The fourth-order valence-corrected chi connectivity index (χ4v) is 12.1. The van der Waals surface area contributed by atoms with E-state index < -0.39 is 35.8 Å². The molecule has 0 amide bonds. The zero-order chi connectivity index (χ0) is 67.2. The van der Waals surface area contributed by atoms with Crippen molar-refractivity contribution in [2.75, 3.05) is 66.1 Å². The van der Waals surface area contributed by atoms with Crippen LogP contribution in [0.3, 0.4) is 0 Å². The maximum absolute atomic E-state index is 13.4. The van der Waals surface area contributed by atoms with E-state index in [-0.39, 0.29) is 51.1 Å². The molecular formula is C78H116O16. The highest BCUT2D eigenvalue weighted by molar-refractivity contribution is 5.93. The summed E-state index contributed by atoms with van der Waals surface area (Å²) in [4.78, 5) is 74.2. The molecular weight excluding hydrogens is 1190 g/mol. The van der Waals surface area contributed by atoms with Crippen LogP contribution >= 0.6 is 0 Å². The Morgan fingerprint density at radius 1 is 0.436 bits per heavy atom. The SMILES string of the molecule is C=C(C)C(=O)OCCCCCCOC(=O)c1cc(OCCCCCCOC(=O)CCC(=O)OCCCCCCOc2ccc(C3CCC(CCC)CC3)cc2)ccc1OCCCCCCOC(=O)CCC(=O)OCCCCCCOc1ccc(C(C)[C@@H]2C[C@@H]2CCC)cc1. The normalized spacial score (nSPS) is 16.0. The predicted octanol–water partition coefficient (Wildman–Crippen LogP) is 18.0. The van der Waals surface area contributed by atoms with Gasteiger partial charge in [0.15, 0.2) is 0 Å². The highest BCUT2D eigenvalue weighted by Gasteiger charge is 2.40. The van der Waals surface area contributed by atoms with Gasteiger partial charge in [0.05, 0.1) is 91.8 Å². The molecule has 3 atom stereocenters. The molecule has 0 bridgehead atoms. The Hall–Kier alpha value is -6.58. The minimum atomic E-state index is -0.518. The molecule has 0 radical (unpaired) electrons. The monoisotopic (exact) mass is 1310 g/mol. The fraction of sp³-hybridized carbons (Fsp3) is 0.667. The van der Waals surface area contributed by atoms with Crippen LogP contribution in [-0.2, 0) is 52.4 Å². The van der Waals surface area contributed by atoms with Crippen molar-refractivity contribution in [1.82, 2.24) is 0 Å². The number of rotatable bonds is 54. The highest BCUT2D eigenvalue weighted by atomic mass is 16.6. The summed E-state index contributed by atoms with van der Waals surface area (Å²) in [5.41, 5.74) is 3.46. The first-order chi connectivity index (χ1) is 45.8. The average molecular weight is 1310 g/mol. The lowest BCUT2D eigenvalue weighted by molar-refractivity contribution is -0.150. The van der Waals surface area contributed by atoms with Crippen LogP contribution < -0.4 is 18.9 Å². The van der Waals surface area contributed by atoms with E-state index in [0.29, 0.717) is 107 Å². The lowest BCUT2D eigenvalue weighted by Gasteiger charge is -2.28. The molecule has 16 nitrogen and oxygen atoms in total. The second-order valence-electron chi connectivity index (χ2n) is 25.9. The van der Waals surface area contributed by atoms with Crippen LogP contribution in [0.4, 0.5) is 0 Å². The third-order valence-corrected chi connectivity index (χ3v) is 17.9. The van der Waals surface area contributed by atoms with Gasteiger partial charge in [-0.3, -0.25) is 19.2 Å². The molecule has 3 aromatic rings. The standard InChI is InChI=1S/C78H116O16/c1-6-28-62-30-32-64(33-31-62)65-36-40-68(41-37-65)86-49-19-9-13-23-53-90-73(79)44-45-75(81)91-54-24-14-10-20-50-87-69-42-43-72(71(59-69)78(84)94-57-27-17-16-26-56-93-77(83)60(3)4)88-51-21-11-15-25-55-92-76(82)47-46-74(80)89-52-22-12-8-18-48-85-67-38-34-63(35-39-67)61(5)70-58-66(70)29-7-2/h34-43,59,61-62,64,66,70H,3,6-33,44-58H2,1-2,4-5H3/t61?,62?,64?,66-,70-/m0/s1. The molecule has 5 rings (SSSR count). The molecule has 2 aliphatic carbocycles. The first-order valence-corrected chi connectivity index (χ1v) is 36.3. The van der Waals surface area contributed by atoms with Gasteiger partial charge in [-0.2, -0.15) is 0 Å². The van der Waals surface area contributed by atoms with Crippen molar-refractivity contribution in [1.29, 1.82) is 0 Å². The first kappa shape index (κ1) is 78.1. The van der Waals surface area contributed by atoms with Gasteiger partial charge in [-0.1, -0.05) is 77.3 Å². The number of benzene rings is 3. The lowest BCUT2D eigenvalue weighted by atomic mass is 9.77. The molecule has 0 N–H and O–H groups in total. The molecule has 0 spiro atoms. The molecule has 94 heavy (non-hydrogen) atoms. The minimum Gasteiger partial charge on any atom is -0.494 e. The number of ether oxygens (including phenoxy) is 10. The van der Waals surface area contributed by atoms with Gasteiger partial charge in [-0.05, 0) is 251 Å². The van der Waals surface area contributed by atoms with E-state index >= 15 is 0 Å². The van der Waals surface area contributed by atoms with Gasteiger partial charge in [0, 0.05) is 5.57 Å². The van der Waals surface area contributed by atoms with Gasteiger partial charge in [0.2, 0.25) is 0 Å². The number of carbonyl (C=O) groups is 6. The van der Waals surface area contributed by atoms with E-state index in [4.69, 9.17) is 47.4 Å². The van der Waals surface area contributed by atoms with Crippen LogP contribution in [0.15, 0.2) is 78.9 Å². The molecule has 0 heterocycles. The van der Waals surface area contributed by atoms with Crippen molar-refractivity contribution in [2.24, 2.45) is 17.8 Å². The number of carbonyl (C=O) groups excluding carboxylic acids is 6. The van der Waals surface area contributed by atoms with Crippen molar-refractivity contribution < 1.29 is 76.1 Å². The van der Waals surface area contributed by atoms with Gasteiger partial charge in [0.1, 0.15) is 28.6 Å². The summed E-state index contributed by atoms with van der Waals surface area (Å²) < 4.78 is 56.3. The lowest BCUT2D eigenvalue weighted by Crippen LogP contribution is -2.13. The highest BCUT2D eigenvalue weighted by Crippen LogP contribution is 2.51. The molecule has 2 saturated carbocycles. The Balaban J connectivity index is 0.851. The van der Waals surface area contributed by atoms with E-state index in [0.717, 1.165) is 126 Å². The quantitative estimate of drug-likeness (QED) is 0.0224. The van der Waals surface area contributed by atoms with E-state index in [1.807, 2.05) is 0 Å². The zero-order valence-corrected chi connectivity index (χ0v) is 57.9. The van der Waals surface area contributed by atoms with Crippen molar-refractivity contribution in [3.63, 3.8) is 0 Å². The summed E-state index contributed by atoms with van der Waals surface area (Å²) in [6.07, 6.45) is 28.1. The molecule has 2 fully saturated rings. The summed E-state index contributed by atoms with van der Waals surface area (Å²) >= 11 is 0. The topological polar surface area (TPSA) is 195 Å². The molecule has 0 aliphatic heterocycles. The summed E-state index contributed by atoms with van der Waals surface area (Å²) in [6.45, 7) is 15.9. The summed E-state index contributed by atoms with van der Waals surface area (Å²) in [6, 6.07) is 22.4. The number of hydrogen-bond acceptors (Lipinski definition) is 16. The van der Waals surface area contributed by atoms with Gasteiger partial charge >= 0.3 is 35.8 Å². The van der Waals surface area contributed by atoms with Gasteiger partial charge in [0.25, 0.3) is 0 Å². The zero-order valence-electron chi connectivity index (χ0n) is 57.9. The van der Waals surface area contributed by atoms with Crippen LogP contribution in [-0.4, -0.2) is 102 Å². The third-order valence-electron chi connectivity index (χ3n) is 17.9. The second-order valence-corrected chi connectivity index (χ2v) is 25.9. The van der Waals surface area contributed by atoms with Crippen LogP contribution in [0, 0.1) is 17.8 Å². The van der Waals surface area contributed by atoms with Crippen molar-refractivity contribution in [2.45, 2.75) is 251 Å². The van der Waals surface area contributed by atoms with Gasteiger partial charge < -0.3 is 47.4 Å². The van der Waals surface area contributed by atoms with Crippen LogP contribution in [0.1, 0.15) is 273 Å². The third kappa shape index (κ3) is 34.2. The van der Waals surface area contributed by atoms with E-state index in [2.05, 4.69) is 75.9 Å². The fourth-order valence-electron chi connectivity index (χ4n) is 12.1. The Labute approximate surface area is 563 Å².